The number of nitrogens with zero attached hydrogens (tertiary/aromatic N) is 1. The van der Waals surface area contributed by atoms with Crippen LogP contribution < -0.4 is 0 Å². The van der Waals surface area contributed by atoms with Crippen molar-refractivity contribution in [1.29, 1.82) is 0 Å². The summed E-state index contributed by atoms with van der Waals surface area (Å²) in [5.74, 6) is 0. The molecule has 48 valence electrons. The molecule has 9 heavy (non-hydrogen) atoms. The molecule has 0 amide bonds. The first-order valence-electron chi connectivity index (χ1n) is 2.48. The highest BCUT2D eigenvalue weighted by molar-refractivity contribution is 9.10. The average molecular weight is 206 g/mol. The molecule has 0 aliphatic heterocycles. The molecule has 1 aromatic rings. The quantitative estimate of drug-likeness (QED) is 0.595. The molecule has 0 spiro atoms. The lowest BCUT2D eigenvalue weighted by Gasteiger charge is -1.94. The topological polar surface area (TPSA) is 12.9 Å². The van der Waals surface area contributed by atoms with Crippen molar-refractivity contribution in [3.05, 3.63) is 27.5 Å². The molecule has 0 aliphatic rings. The zero-order valence-electron chi connectivity index (χ0n) is 4.86. The summed E-state index contributed by atoms with van der Waals surface area (Å²) in [5, 5.41) is 0.707. The maximum Gasteiger partial charge on any atom is 0.106 e. The summed E-state index contributed by atoms with van der Waals surface area (Å²) in [7, 11) is 0. The predicted molar refractivity (Wildman–Crippen MR) is 41.7 cm³/mol. The number of aromatic nitrogens is 1. The summed E-state index contributed by atoms with van der Waals surface area (Å²) in [5.41, 5.74) is 1.04. The summed E-state index contributed by atoms with van der Waals surface area (Å²) >= 11 is 8.92. The number of aryl methyl sites for hydroxylation is 1. The van der Waals surface area contributed by atoms with E-state index in [1.807, 2.05) is 13.0 Å². The minimum atomic E-state index is 0.707. The Morgan fingerprint density at radius 3 is 2.78 bits per heavy atom. The highest BCUT2D eigenvalue weighted by Gasteiger charge is 1.93. The van der Waals surface area contributed by atoms with Gasteiger partial charge in [0.1, 0.15) is 4.60 Å². The molecule has 0 aliphatic carbocycles. The van der Waals surface area contributed by atoms with Crippen LogP contribution in [-0.4, -0.2) is 4.98 Å². The van der Waals surface area contributed by atoms with Crippen molar-refractivity contribution in [2.45, 2.75) is 6.92 Å². The normalized spacial score (nSPS) is 9.67. The minimum absolute atomic E-state index is 0.707. The third-order valence-electron chi connectivity index (χ3n) is 1.01. The van der Waals surface area contributed by atoms with Crippen molar-refractivity contribution >= 4 is 27.5 Å². The van der Waals surface area contributed by atoms with Gasteiger partial charge in [0, 0.05) is 6.20 Å². The molecule has 0 N–H and O–H groups in total. The molecule has 0 unspecified atom stereocenters. The molecular formula is C6H5BrClN. The van der Waals surface area contributed by atoms with Gasteiger partial charge in [0.05, 0.1) is 5.02 Å². The van der Waals surface area contributed by atoms with Gasteiger partial charge in [-0.3, -0.25) is 0 Å². The van der Waals surface area contributed by atoms with Crippen molar-refractivity contribution in [2.75, 3.05) is 0 Å². The van der Waals surface area contributed by atoms with Crippen LogP contribution >= 0.6 is 27.5 Å². The van der Waals surface area contributed by atoms with Gasteiger partial charge in [-0.15, -0.1) is 0 Å². The second-order valence-electron chi connectivity index (χ2n) is 1.76. The Balaban J connectivity index is 3.17. The van der Waals surface area contributed by atoms with Crippen LogP contribution in [0.3, 0.4) is 0 Å². The zero-order valence-corrected chi connectivity index (χ0v) is 7.20. The monoisotopic (exact) mass is 205 g/mol. The zero-order chi connectivity index (χ0) is 6.85. The number of hydrogen-bond donors (Lipinski definition) is 0. The highest BCUT2D eigenvalue weighted by Crippen LogP contribution is 2.16. The van der Waals surface area contributed by atoms with Crippen molar-refractivity contribution < 1.29 is 0 Å². The van der Waals surface area contributed by atoms with Crippen LogP contribution in [0.25, 0.3) is 0 Å². The van der Waals surface area contributed by atoms with Crippen molar-refractivity contribution in [2.24, 2.45) is 0 Å². The van der Waals surface area contributed by atoms with E-state index in [4.69, 9.17) is 11.6 Å². The number of pyridine rings is 1. The van der Waals surface area contributed by atoms with E-state index in [1.54, 1.807) is 6.20 Å². The first-order valence-corrected chi connectivity index (χ1v) is 3.65. The fraction of sp³-hybridized carbons (Fsp3) is 0.167. The third kappa shape index (κ3) is 1.66. The predicted octanol–water partition coefficient (Wildman–Crippen LogP) is 2.81. The van der Waals surface area contributed by atoms with Gasteiger partial charge in [-0.1, -0.05) is 11.6 Å². The Hall–Kier alpha value is -0.0800. The lowest BCUT2D eigenvalue weighted by atomic mass is 10.3. The molecule has 0 saturated heterocycles. The van der Waals surface area contributed by atoms with Crippen LogP contribution in [0.5, 0.6) is 0 Å². The van der Waals surface area contributed by atoms with Crippen LogP contribution in [0.2, 0.25) is 5.02 Å². The number of hydrogen-bond acceptors (Lipinski definition) is 1. The van der Waals surface area contributed by atoms with Crippen LogP contribution in [0.15, 0.2) is 16.9 Å². The Morgan fingerprint density at radius 1 is 1.67 bits per heavy atom. The molecule has 0 bridgehead atoms. The van der Waals surface area contributed by atoms with Crippen LogP contribution in [0.4, 0.5) is 0 Å². The van der Waals surface area contributed by atoms with Gasteiger partial charge in [-0.25, -0.2) is 4.98 Å². The second kappa shape index (κ2) is 2.67. The maximum atomic E-state index is 5.70. The molecular weight excluding hydrogens is 201 g/mol. The smallest absolute Gasteiger partial charge is 0.106 e. The van der Waals surface area contributed by atoms with E-state index in [0.717, 1.165) is 10.2 Å². The molecule has 3 heteroatoms. The summed E-state index contributed by atoms with van der Waals surface area (Å²) in [4.78, 5) is 3.92. The van der Waals surface area contributed by atoms with Gasteiger partial charge in [0.15, 0.2) is 0 Å². The Labute approximate surface area is 67.2 Å². The van der Waals surface area contributed by atoms with Gasteiger partial charge in [0.25, 0.3) is 0 Å². The summed E-state index contributed by atoms with van der Waals surface area (Å²) < 4.78 is 0.824. The van der Waals surface area contributed by atoms with E-state index < -0.39 is 0 Å². The molecule has 1 aromatic heterocycles. The molecule has 1 rings (SSSR count). The van der Waals surface area contributed by atoms with Crippen molar-refractivity contribution in [1.82, 2.24) is 4.98 Å². The highest BCUT2D eigenvalue weighted by atomic mass is 79.9. The van der Waals surface area contributed by atoms with Gasteiger partial charge >= 0.3 is 0 Å². The first-order chi connectivity index (χ1) is 4.20. The van der Waals surface area contributed by atoms with E-state index in [0.29, 0.717) is 5.02 Å². The number of halogens is 2. The molecule has 0 radical (unpaired) electrons. The standard InChI is InChI=1S/C6H5BrClN/c1-4-2-6(7)9-3-5(4)8/h2-3H,1H3. The molecule has 0 atom stereocenters. The Morgan fingerprint density at radius 2 is 2.33 bits per heavy atom. The number of rotatable bonds is 0. The minimum Gasteiger partial charge on any atom is -0.248 e. The van der Waals surface area contributed by atoms with E-state index in [2.05, 4.69) is 20.9 Å². The van der Waals surface area contributed by atoms with Crippen molar-refractivity contribution in [3.8, 4) is 0 Å². The Bertz CT molecular complexity index is 224. The lowest BCUT2D eigenvalue weighted by molar-refractivity contribution is 1.24. The van der Waals surface area contributed by atoms with E-state index in [1.165, 1.54) is 0 Å². The van der Waals surface area contributed by atoms with Crippen LogP contribution in [0.1, 0.15) is 5.56 Å². The second-order valence-corrected chi connectivity index (χ2v) is 2.98. The molecule has 1 nitrogen and oxygen atoms in total. The third-order valence-corrected chi connectivity index (χ3v) is 1.84. The van der Waals surface area contributed by atoms with Crippen LogP contribution in [0, 0.1) is 6.92 Å². The summed E-state index contributed by atoms with van der Waals surface area (Å²) in [6, 6.07) is 1.88. The first kappa shape index (κ1) is 7.03. The fourth-order valence-electron chi connectivity index (χ4n) is 0.505. The molecule has 1 heterocycles. The average Bonchev–Trinajstić information content (AvgIpc) is 1.80. The van der Waals surface area contributed by atoms with Gasteiger partial charge in [-0.05, 0) is 34.5 Å². The molecule has 0 fully saturated rings. The fourth-order valence-corrected chi connectivity index (χ4v) is 1.05. The Kier molecular flexibility index (Phi) is 2.09. The van der Waals surface area contributed by atoms with Gasteiger partial charge in [-0.2, -0.15) is 0 Å². The SMILES string of the molecule is Cc1cc(Br)ncc1Cl. The van der Waals surface area contributed by atoms with Gasteiger partial charge in [0.2, 0.25) is 0 Å². The van der Waals surface area contributed by atoms with E-state index >= 15 is 0 Å². The van der Waals surface area contributed by atoms with Crippen LogP contribution in [-0.2, 0) is 0 Å². The van der Waals surface area contributed by atoms with E-state index in [9.17, 15) is 0 Å². The van der Waals surface area contributed by atoms with Gasteiger partial charge < -0.3 is 0 Å². The summed E-state index contributed by atoms with van der Waals surface area (Å²) in [6.07, 6.45) is 1.63. The largest absolute Gasteiger partial charge is 0.248 e. The summed E-state index contributed by atoms with van der Waals surface area (Å²) in [6.45, 7) is 1.94. The van der Waals surface area contributed by atoms with Crippen molar-refractivity contribution in [3.63, 3.8) is 0 Å². The van der Waals surface area contributed by atoms with E-state index in [-0.39, 0.29) is 0 Å². The molecule has 0 aromatic carbocycles. The lowest BCUT2D eigenvalue weighted by Crippen LogP contribution is -1.78. The molecule has 0 saturated carbocycles. The maximum absolute atomic E-state index is 5.70.